The summed E-state index contributed by atoms with van der Waals surface area (Å²) in [5.74, 6) is 0.0960. The number of nitriles is 1. The van der Waals surface area contributed by atoms with Crippen LogP contribution in [0.15, 0.2) is 24.3 Å². The molecule has 176 valence electrons. The van der Waals surface area contributed by atoms with Gasteiger partial charge in [0.25, 0.3) is 5.91 Å². The Morgan fingerprint density at radius 3 is 2.76 bits per heavy atom. The summed E-state index contributed by atoms with van der Waals surface area (Å²) in [7, 11) is 0. The van der Waals surface area contributed by atoms with E-state index in [9.17, 15) is 14.9 Å². The van der Waals surface area contributed by atoms with Crippen molar-refractivity contribution in [1.82, 2.24) is 19.7 Å². The molecule has 2 amide bonds. The van der Waals surface area contributed by atoms with Crippen LogP contribution >= 0.6 is 23.6 Å². The Morgan fingerprint density at radius 2 is 2.03 bits per heavy atom. The minimum atomic E-state index is -0.289. The monoisotopic (exact) mass is 494 g/mol. The summed E-state index contributed by atoms with van der Waals surface area (Å²) >= 11 is 7.02. The highest BCUT2D eigenvalue weighted by Crippen LogP contribution is 2.37. The molecule has 0 spiro atoms. The largest absolute Gasteiger partial charge is 0.345 e. The first-order valence-corrected chi connectivity index (χ1v) is 12.5. The summed E-state index contributed by atoms with van der Waals surface area (Å²) in [6.07, 6.45) is 4.01. The molecule has 10 heteroatoms. The lowest BCUT2D eigenvalue weighted by Gasteiger charge is -2.09. The van der Waals surface area contributed by atoms with Crippen molar-refractivity contribution < 1.29 is 9.59 Å². The van der Waals surface area contributed by atoms with Gasteiger partial charge in [0.05, 0.1) is 12.1 Å². The average molecular weight is 495 g/mol. The van der Waals surface area contributed by atoms with Gasteiger partial charge in [0.15, 0.2) is 10.6 Å². The van der Waals surface area contributed by atoms with E-state index < -0.39 is 0 Å². The van der Waals surface area contributed by atoms with Gasteiger partial charge < -0.3 is 15.2 Å². The van der Waals surface area contributed by atoms with E-state index in [2.05, 4.69) is 21.8 Å². The van der Waals surface area contributed by atoms with E-state index in [1.165, 1.54) is 20.9 Å². The second-order valence-corrected chi connectivity index (χ2v) is 9.64. The zero-order valence-electron chi connectivity index (χ0n) is 19.2. The van der Waals surface area contributed by atoms with E-state index in [-0.39, 0.29) is 24.9 Å². The number of thiophene rings is 1. The van der Waals surface area contributed by atoms with Crippen molar-refractivity contribution in [2.45, 2.75) is 59.2 Å². The Hall–Kier alpha value is -3.29. The maximum atomic E-state index is 12.8. The molecular formula is C24H26N6O2S2. The normalized spacial score (nSPS) is 12.6. The number of hydrogen-bond donors (Lipinski definition) is 2. The van der Waals surface area contributed by atoms with Gasteiger partial charge in [0.1, 0.15) is 17.6 Å². The number of carbonyl (C=O) groups excluding carboxylic acids is 2. The van der Waals surface area contributed by atoms with Crippen LogP contribution in [0, 0.1) is 23.0 Å². The minimum absolute atomic E-state index is 0.0714. The van der Waals surface area contributed by atoms with Crippen molar-refractivity contribution >= 4 is 40.4 Å². The van der Waals surface area contributed by atoms with E-state index in [1.807, 2.05) is 32.0 Å². The molecule has 2 heterocycles. The van der Waals surface area contributed by atoms with E-state index in [4.69, 9.17) is 12.2 Å². The highest BCUT2D eigenvalue weighted by Gasteiger charge is 2.22. The van der Waals surface area contributed by atoms with Gasteiger partial charge in [0, 0.05) is 17.0 Å². The van der Waals surface area contributed by atoms with Gasteiger partial charge in [-0.2, -0.15) is 10.4 Å². The summed E-state index contributed by atoms with van der Waals surface area (Å²) in [5, 5.41) is 20.5. The molecule has 1 aliphatic rings. The molecule has 0 bridgehead atoms. The second kappa shape index (κ2) is 10.3. The SMILES string of the molecule is CCn1c(CNC(=O)c2ccccc2C)nn(CC(=O)Nc2sc3c(c2C#N)CCCC3)c1=S. The molecule has 2 N–H and O–H groups in total. The summed E-state index contributed by atoms with van der Waals surface area (Å²) in [5.41, 5.74) is 3.15. The first-order chi connectivity index (χ1) is 16.4. The van der Waals surface area contributed by atoms with Gasteiger partial charge in [-0.3, -0.25) is 9.59 Å². The van der Waals surface area contributed by atoms with Crippen molar-refractivity contribution in [3.05, 3.63) is 62.0 Å². The summed E-state index contributed by atoms with van der Waals surface area (Å²) in [4.78, 5) is 26.6. The molecule has 0 radical (unpaired) electrons. The third-order valence-electron chi connectivity index (χ3n) is 5.94. The van der Waals surface area contributed by atoms with Gasteiger partial charge in [-0.05, 0) is 68.9 Å². The van der Waals surface area contributed by atoms with Crippen LogP contribution in [-0.4, -0.2) is 26.2 Å². The maximum absolute atomic E-state index is 12.8. The highest BCUT2D eigenvalue weighted by atomic mass is 32.1. The molecule has 0 saturated carbocycles. The Bertz CT molecular complexity index is 1340. The molecule has 0 fully saturated rings. The zero-order chi connectivity index (χ0) is 24.2. The predicted molar refractivity (Wildman–Crippen MR) is 133 cm³/mol. The molecule has 34 heavy (non-hydrogen) atoms. The number of rotatable bonds is 7. The van der Waals surface area contributed by atoms with E-state index in [0.717, 1.165) is 36.8 Å². The molecule has 8 nitrogen and oxygen atoms in total. The molecule has 0 unspecified atom stereocenters. The lowest BCUT2D eigenvalue weighted by Crippen LogP contribution is -2.25. The molecule has 0 saturated heterocycles. The minimum Gasteiger partial charge on any atom is -0.345 e. The van der Waals surface area contributed by atoms with Crippen LogP contribution in [0.4, 0.5) is 5.00 Å². The average Bonchev–Trinajstić information content (AvgIpc) is 3.33. The van der Waals surface area contributed by atoms with Crippen LogP contribution in [0.2, 0.25) is 0 Å². The molecule has 0 aliphatic heterocycles. The number of fused-ring (bicyclic) bond motifs is 1. The number of nitrogens with one attached hydrogen (secondary N) is 2. The second-order valence-electron chi connectivity index (χ2n) is 8.17. The molecule has 0 atom stereocenters. The van der Waals surface area contributed by atoms with Gasteiger partial charge in [-0.15, -0.1) is 11.3 Å². The molecular weight excluding hydrogens is 468 g/mol. The number of hydrogen-bond acceptors (Lipinski definition) is 6. The highest BCUT2D eigenvalue weighted by molar-refractivity contribution is 7.71. The first kappa shape index (κ1) is 23.9. The lowest BCUT2D eigenvalue weighted by molar-refractivity contribution is -0.116. The first-order valence-electron chi connectivity index (χ1n) is 11.3. The van der Waals surface area contributed by atoms with Gasteiger partial charge >= 0.3 is 0 Å². The topological polar surface area (TPSA) is 105 Å². The zero-order valence-corrected chi connectivity index (χ0v) is 20.8. The van der Waals surface area contributed by atoms with E-state index >= 15 is 0 Å². The van der Waals surface area contributed by atoms with Gasteiger partial charge in [-0.25, -0.2) is 4.68 Å². The van der Waals surface area contributed by atoms with Crippen molar-refractivity contribution in [3.63, 3.8) is 0 Å². The number of nitrogens with zero attached hydrogens (tertiary/aromatic N) is 4. The fourth-order valence-electron chi connectivity index (χ4n) is 4.19. The Kier molecular flexibility index (Phi) is 7.24. The van der Waals surface area contributed by atoms with Crippen LogP contribution in [0.3, 0.4) is 0 Å². The number of aryl methyl sites for hydroxylation is 2. The van der Waals surface area contributed by atoms with E-state index in [0.29, 0.717) is 33.3 Å². The molecule has 4 rings (SSSR count). The number of anilines is 1. The number of carbonyl (C=O) groups is 2. The summed E-state index contributed by atoms with van der Waals surface area (Å²) in [6, 6.07) is 9.63. The van der Waals surface area contributed by atoms with Crippen molar-refractivity contribution in [1.29, 1.82) is 5.26 Å². The fourth-order valence-corrected chi connectivity index (χ4v) is 5.79. The number of amides is 2. The van der Waals surface area contributed by atoms with Gasteiger partial charge in [0.2, 0.25) is 5.91 Å². The van der Waals surface area contributed by atoms with Crippen LogP contribution in [0.5, 0.6) is 0 Å². The van der Waals surface area contributed by atoms with Crippen molar-refractivity contribution in [2.24, 2.45) is 0 Å². The van der Waals surface area contributed by atoms with Crippen LogP contribution in [0.1, 0.15) is 57.5 Å². The van der Waals surface area contributed by atoms with E-state index in [1.54, 1.807) is 10.6 Å². The fraction of sp³-hybridized carbons (Fsp3) is 0.375. The summed E-state index contributed by atoms with van der Waals surface area (Å²) < 4.78 is 3.66. The van der Waals surface area contributed by atoms with Gasteiger partial charge in [-0.1, -0.05) is 18.2 Å². The predicted octanol–water partition coefficient (Wildman–Crippen LogP) is 4.12. The third-order valence-corrected chi connectivity index (χ3v) is 7.58. The van der Waals surface area contributed by atoms with Crippen molar-refractivity contribution in [2.75, 3.05) is 5.32 Å². The number of benzene rings is 1. The Morgan fingerprint density at radius 1 is 1.26 bits per heavy atom. The quantitative estimate of drug-likeness (QED) is 0.481. The Labute approximate surface area is 207 Å². The smallest absolute Gasteiger partial charge is 0.251 e. The molecule has 3 aromatic rings. The molecule has 2 aromatic heterocycles. The standard InChI is InChI=1S/C24H26N6O2S2/c1-3-29-20(13-26-22(32)16-9-5-4-8-15(16)2)28-30(24(29)33)14-21(31)27-23-18(12-25)17-10-6-7-11-19(17)34-23/h4-5,8-9H,3,6-7,10-11,13-14H2,1-2H3,(H,26,32)(H,27,31). The maximum Gasteiger partial charge on any atom is 0.251 e. The Balaban J connectivity index is 1.47. The lowest BCUT2D eigenvalue weighted by atomic mass is 9.96. The van der Waals surface area contributed by atoms with Crippen LogP contribution in [-0.2, 0) is 37.3 Å². The number of aromatic nitrogens is 3. The van der Waals surface area contributed by atoms with Crippen LogP contribution in [0.25, 0.3) is 0 Å². The molecule has 1 aliphatic carbocycles. The molecule has 1 aromatic carbocycles. The van der Waals surface area contributed by atoms with Crippen LogP contribution < -0.4 is 10.6 Å². The van der Waals surface area contributed by atoms with Crippen molar-refractivity contribution in [3.8, 4) is 6.07 Å². The third kappa shape index (κ3) is 4.81. The summed E-state index contributed by atoms with van der Waals surface area (Å²) in [6.45, 7) is 4.50.